The summed E-state index contributed by atoms with van der Waals surface area (Å²) in [5.41, 5.74) is 1.11. The minimum absolute atomic E-state index is 0.0382. The van der Waals surface area contributed by atoms with Crippen molar-refractivity contribution in [1.29, 1.82) is 0 Å². The van der Waals surface area contributed by atoms with Gasteiger partial charge in [-0.3, -0.25) is 9.59 Å². The van der Waals surface area contributed by atoms with Crippen LogP contribution in [-0.4, -0.2) is 65.0 Å². The lowest BCUT2D eigenvalue weighted by Crippen LogP contribution is -2.34. The van der Waals surface area contributed by atoms with Crippen molar-refractivity contribution in [2.75, 3.05) is 33.3 Å². The second kappa shape index (κ2) is 13.1. The van der Waals surface area contributed by atoms with E-state index in [9.17, 15) is 19.8 Å². The first-order chi connectivity index (χ1) is 17.4. The molecular formula is C29H38N2O5. The molecule has 7 nitrogen and oxygen atoms in total. The summed E-state index contributed by atoms with van der Waals surface area (Å²) in [5.74, 6) is -1.34. The van der Waals surface area contributed by atoms with Gasteiger partial charge in [-0.25, -0.2) is 0 Å². The predicted molar refractivity (Wildman–Crippen MR) is 141 cm³/mol. The fraction of sp³-hybridized carbons (Fsp3) is 0.448. The molecule has 2 aromatic carbocycles. The van der Waals surface area contributed by atoms with Crippen LogP contribution in [0, 0.1) is 0 Å². The van der Waals surface area contributed by atoms with Gasteiger partial charge in [0.05, 0.1) is 18.7 Å². The van der Waals surface area contributed by atoms with Crippen molar-refractivity contribution in [2.24, 2.45) is 0 Å². The van der Waals surface area contributed by atoms with Crippen molar-refractivity contribution < 1.29 is 24.5 Å². The third-order valence-electron chi connectivity index (χ3n) is 6.64. The molecule has 0 aromatic heterocycles. The number of amides is 1. The Kier molecular flexibility index (Phi) is 9.94. The number of aliphatic hydroxyl groups is 1. The van der Waals surface area contributed by atoms with Gasteiger partial charge in [0.1, 0.15) is 5.76 Å². The van der Waals surface area contributed by atoms with E-state index in [1.807, 2.05) is 6.07 Å². The molecule has 0 spiro atoms. The van der Waals surface area contributed by atoms with Crippen molar-refractivity contribution in [3.63, 3.8) is 0 Å². The molecule has 2 N–H and O–H groups in total. The van der Waals surface area contributed by atoms with Crippen LogP contribution in [0.4, 0.5) is 0 Å². The quantitative estimate of drug-likeness (QED) is 0.228. The Balaban J connectivity index is 1.95. The molecule has 1 heterocycles. The maximum absolute atomic E-state index is 13.2. The Bertz CT molecular complexity index is 1060. The molecule has 1 amide bonds. The average molecular weight is 495 g/mol. The summed E-state index contributed by atoms with van der Waals surface area (Å²) in [6, 6.07) is 12.7. The number of aromatic hydroxyl groups is 1. The van der Waals surface area contributed by atoms with E-state index in [0.29, 0.717) is 24.1 Å². The van der Waals surface area contributed by atoms with E-state index in [4.69, 9.17) is 4.74 Å². The number of nitrogens with zero attached hydrogens (tertiary/aromatic N) is 2. The molecule has 0 unspecified atom stereocenters. The molecule has 1 saturated heterocycles. The highest BCUT2D eigenvalue weighted by Gasteiger charge is 2.46. The zero-order chi connectivity index (χ0) is 26.1. The average Bonchev–Trinajstić information content (AvgIpc) is 3.15. The largest absolute Gasteiger partial charge is 0.507 e. The van der Waals surface area contributed by atoms with E-state index in [-0.39, 0.29) is 22.8 Å². The first-order valence-electron chi connectivity index (χ1n) is 12.9. The molecule has 194 valence electrons. The molecule has 36 heavy (non-hydrogen) atoms. The molecule has 1 atom stereocenters. The number of benzene rings is 2. The number of methoxy groups -OCH3 is 1. The van der Waals surface area contributed by atoms with E-state index in [1.165, 1.54) is 13.2 Å². The Morgan fingerprint density at radius 2 is 1.61 bits per heavy atom. The number of ketones is 1. The SMILES string of the molecule is CCCCN(CCCC)CCCN1C(=O)C(=O)C(=C(O)c2ccccc2)[C@@H]1c1ccc(O)c(OC)c1. The molecule has 1 aliphatic rings. The number of rotatable bonds is 13. The summed E-state index contributed by atoms with van der Waals surface area (Å²) >= 11 is 0. The van der Waals surface area contributed by atoms with Crippen LogP contribution < -0.4 is 4.74 Å². The lowest BCUT2D eigenvalue weighted by atomic mass is 9.95. The van der Waals surface area contributed by atoms with Crippen LogP contribution in [0.1, 0.15) is 63.1 Å². The summed E-state index contributed by atoms with van der Waals surface area (Å²) < 4.78 is 5.28. The number of hydrogen-bond acceptors (Lipinski definition) is 6. The van der Waals surface area contributed by atoms with Crippen molar-refractivity contribution >= 4 is 17.4 Å². The molecule has 0 aliphatic carbocycles. The summed E-state index contributed by atoms with van der Waals surface area (Å²) in [6.07, 6.45) is 5.20. The number of Topliss-reactive ketones (excluding diaryl/α,β-unsaturated/α-hetero) is 1. The van der Waals surface area contributed by atoms with Crippen LogP contribution in [0.2, 0.25) is 0 Å². The Hall–Kier alpha value is -3.32. The molecule has 3 rings (SSSR count). The molecule has 0 bridgehead atoms. The van der Waals surface area contributed by atoms with Crippen LogP contribution in [-0.2, 0) is 9.59 Å². The van der Waals surface area contributed by atoms with Gasteiger partial charge in [0, 0.05) is 12.1 Å². The van der Waals surface area contributed by atoms with Gasteiger partial charge < -0.3 is 24.7 Å². The highest BCUT2D eigenvalue weighted by Crippen LogP contribution is 2.41. The maximum Gasteiger partial charge on any atom is 0.295 e. The van der Waals surface area contributed by atoms with Gasteiger partial charge in [0.15, 0.2) is 11.5 Å². The van der Waals surface area contributed by atoms with E-state index >= 15 is 0 Å². The summed E-state index contributed by atoms with van der Waals surface area (Å²) in [6.45, 7) is 7.59. The number of aliphatic hydroxyl groups excluding tert-OH is 1. The predicted octanol–water partition coefficient (Wildman–Crippen LogP) is 5.11. The highest BCUT2D eigenvalue weighted by atomic mass is 16.5. The Morgan fingerprint density at radius 3 is 2.22 bits per heavy atom. The van der Waals surface area contributed by atoms with Crippen molar-refractivity contribution in [1.82, 2.24) is 9.80 Å². The third kappa shape index (κ3) is 6.26. The summed E-state index contributed by atoms with van der Waals surface area (Å²) in [4.78, 5) is 30.4. The Morgan fingerprint density at radius 1 is 0.972 bits per heavy atom. The number of hydrogen-bond donors (Lipinski definition) is 2. The summed E-state index contributed by atoms with van der Waals surface area (Å²) in [7, 11) is 1.45. The minimum Gasteiger partial charge on any atom is -0.507 e. The second-order valence-electron chi connectivity index (χ2n) is 9.19. The normalized spacial score (nSPS) is 17.2. The zero-order valence-corrected chi connectivity index (χ0v) is 21.6. The second-order valence-corrected chi connectivity index (χ2v) is 9.19. The lowest BCUT2D eigenvalue weighted by molar-refractivity contribution is -0.140. The van der Waals surface area contributed by atoms with E-state index < -0.39 is 17.7 Å². The number of phenols is 1. The van der Waals surface area contributed by atoms with Crippen molar-refractivity contribution in [2.45, 2.75) is 52.0 Å². The lowest BCUT2D eigenvalue weighted by Gasteiger charge is -2.27. The molecular weight excluding hydrogens is 456 g/mol. The minimum atomic E-state index is -0.778. The van der Waals surface area contributed by atoms with Gasteiger partial charge in [-0.05, 0) is 56.6 Å². The number of unbranched alkanes of at least 4 members (excludes halogenated alkanes) is 2. The van der Waals surface area contributed by atoms with Crippen LogP contribution in [0.5, 0.6) is 11.5 Å². The molecule has 0 radical (unpaired) electrons. The third-order valence-corrected chi connectivity index (χ3v) is 6.64. The topological polar surface area (TPSA) is 90.3 Å². The van der Waals surface area contributed by atoms with E-state index in [0.717, 1.165) is 45.3 Å². The molecule has 1 aliphatic heterocycles. The van der Waals surface area contributed by atoms with Gasteiger partial charge in [0.2, 0.25) is 0 Å². The molecule has 0 saturated carbocycles. The van der Waals surface area contributed by atoms with Gasteiger partial charge in [-0.15, -0.1) is 0 Å². The van der Waals surface area contributed by atoms with Crippen molar-refractivity contribution in [3.8, 4) is 11.5 Å². The van der Waals surface area contributed by atoms with E-state index in [2.05, 4.69) is 18.7 Å². The fourth-order valence-electron chi connectivity index (χ4n) is 4.64. The number of carbonyl (C=O) groups is 2. The van der Waals surface area contributed by atoms with E-state index in [1.54, 1.807) is 41.3 Å². The first-order valence-corrected chi connectivity index (χ1v) is 12.9. The summed E-state index contributed by atoms with van der Waals surface area (Å²) in [5, 5.41) is 21.2. The Labute approximate surface area is 214 Å². The van der Waals surface area contributed by atoms with Crippen LogP contribution in [0.25, 0.3) is 5.76 Å². The van der Waals surface area contributed by atoms with Crippen LogP contribution >= 0.6 is 0 Å². The highest BCUT2D eigenvalue weighted by molar-refractivity contribution is 6.46. The van der Waals surface area contributed by atoms with Gasteiger partial charge in [-0.2, -0.15) is 0 Å². The van der Waals surface area contributed by atoms with Crippen molar-refractivity contribution in [3.05, 3.63) is 65.2 Å². The smallest absolute Gasteiger partial charge is 0.295 e. The molecule has 7 heteroatoms. The van der Waals surface area contributed by atoms with Gasteiger partial charge >= 0.3 is 0 Å². The monoisotopic (exact) mass is 494 g/mol. The fourth-order valence-corrected chi connectivity index (χ4v) is 4.64. The van der Waals surface area contributed by atoms with Crippen LogP contribution in [0.15, 0.2) is 54.1 Å². The van der Waals surface area contributed by atoms with Gasteiger partial charge in [0.25, 0.3) is 11.7 Å². The maximum atomic E-state index is 13.2. The number of likely N-dealkylation sites (tertiary alicyclic amines) is 1. The zero-order valence-electron chi connectivity index (χ0n) is 21.6. The van der Waals surface area contributed by atoms with Crippen LogP contribution in [0.3, 0.4) is 0 Å². The first kappa shape index (κ1) is 27.3. The standard InChI is InChI=1S/C29H38N2O5/c1-4-6-16-30(17-7-5-2)18-11-19-31-26(22-14-15-23(32)24(20-22)36-3)25(28(34)29(31)35)27(33)21-12-9-8-10-13-21/h8-10,12-15,20,26,32-33H,4-7,11,16-19H2,1-3H3/t26-/m0/s1. The number of ether oxygens (including phenoxy) is 1. The van der Waals surface area contributed by atoms with Gasteiger partial charge in [-0.1, -0.05) is 63.1 Å². The number of carbonyl (C=O) groups excluding carboxylic acids is 2. The number of phenolic OH excluding ortho intramolecular Hbond substituents is 1. The molecule has 1 fully saturated rings. The molecule has 2 aromatic rings.